The van der Waals surface area contributed by atoms with Crippen LogP contribution >= 0.6 is 15.9 Å². The molecule has 84 valence electrons. The molecule has 0 spiro atoms. The number of pyridine rings is 1. The topological polar surface area (TPSA) is 34.1 Å². The third-order valence-corrected chi connectivity index (χ3v) is 2.60. The summed E-state index contributed by atoms with van der Waals surface area (Å²) in [5, 5.41) is 3.42. The molecule has 0 bridgehead atoms. The van der Waals surface area contributed by atoms with Gasteiger partial charge >= 0.3 is 0 Å². The van der Waals surface area contributed by atoms with Crippen LogP contribution in [0.25, 0.3) is 0 Å². The van der Waals surface area contributed by atoms with Crippen LogP contribution in [0.5, 0.6) is 0 Å². The molecule has 4 heteroatoms. The van der Waals surface area contributed by atoms with Crippen LogP contribution in [0.2, 0.25) is 0 Å². The second kappa shape index (κ2) is 6.93. The maximum atomic E-state index is 5.02. The number of rotatable bonds is 6. The number of halogens is 1. The largest absolute Gasteiger partial charge is 0.385 e. The second-order valence-electron chi connectivity index (χ2n) is 3.57. The quantitative estimate of drug-likeness (QED) is 0.864. The minimum atomic E-state index is 0.462. The van der Waals surface area contributed by atoms with Crippen LogP contribution in [0.4, 0.5) is 0 Å². The van der Waals surface area contributed by atoms with Crippen molar-refractivity contribution < 1.29 is 4.74 Å². The average Bonchev–Trinajstić information content (AvgIpc) is 2.23. The fraction of sp³-hybridized carbons (Fsp3) is 0.545. The molecule has 1 aromatic heterocycles. The Labute approximate surface area is 99.4 Å². The lowest BCUT2D eigenvalue weighted by Crippen LogP contribution is -2.26. The van der Waals surface area contributed by atoms with Crippen molar-refractivity contribution in [2.75, 3.05) is 13.7 Å². The van der Waals surface area contributed by atoms with Gasteiger partial charge in [-0.15, -0.1) is 0 Å². The Hall–Kier alpha value is -0.450. The standard InChI is InChI=1S/C11H17BrN2O/c1-9(3-4-15-2)14-7-10-5-11(12)8-13-6-10/h5-6,8-9,14H,3-4,7H2,1-2H3. The Bertz CT molecular complexity index is 294. The zero-order valence-electron chi connectivity index (χ0n) is 9.16. The molecule has 0 saturated heterocycles. The molecule has 0 aliphatic heterocycles. The van der Waals surface area contributed by atoms with Gasteiger partial charge in [-0.1, -0.05) is 0 Å². The first-order valence-corrected chi connectivity index (χ1v) is 5.83. The summed E-state index contributed by atoms with van der Waals surface area (Å²) in [4.78, 5) is 4.11. The van der Waals surface area contributed by atoms with Crippen LogP contribution in [0.1, 0.15) is 18.9 Å². The van der Waals surface area contributed by atoms with Gasteiger partial charge in [0.15, 0.2) is 0 Å². The van der Waals surface area contributed by atoms with Crippen molar-refractivity contribution in [1.29, 1.82) is 0 Å². The lowest BCUT2D eigenvalue weighted by atomic mass is 10.2. The normalized spacial score (nSPS) is 12.7. The molecule has 15 heavy (non-hydrogen) atoms. The number of methoxy groups -OCH3 is 1. The summed E-state index contributed by atoms with van der Waals surface area (Å²) in [6.45, 7) is 3.80. The van der Waals surface area contributed by atoms with Crippen molar-refractivity contribution in [2.24, 2.45) is 0 Å². The Kier molecular flexibility index (Phi) is 5.83. The summed E-state index contributed by atoms with van der Waals surface area (Å²) in [6.07, 6.45) is 4.69. The van der Waals surface area contributed by atoms with Crippen molar-refractivity contribution in [3.8, 4) is 0 Å². The number of nitrogens with zero attached hydrogens (tertiary/aromatic N) is 1. The first kappa shape index (κ1) is 12.6. The molecule has 0 fully saturated rings. The van der Waals surface area contributed by atoms with E-state index in [-0.39, 0.29) is 0 Å². The van der Waals surface area contributed by atoms with Gasteiger partial charge in [-0.2, -0.15) is 0 Å². The van der Waals surface area contributed by atoms with E-state index in [1.807, 2.05) is 6.20 Å². The molecule has 1 N–H and O–H groups in total. The lowest BCUT2D eigenvalue weighted by molar-refractivity contribution is 0.184. The molecule has 1 heterocycles. The van der Waals surface area contributed by atoms with Crippen molar-refractivity contribution in [3.05, 3.63) is 28.5 Å². The van der Waals surface area contributed by atoms with Crippen LogP contribution in [0.15, 0.2) is 22.9 Å². The Morgan fingerprint density at radius 1 is 1.53 bits per heavy atom. The number of nitrogens with one attached hydrogen (secondary N) is 1. The van der Waals surface area contributed by atoms with Crippen molar-refractivity contribution in [2.45, 2.75) is 25.9 Å². The van der Waals surface area contributed by atoms with E-state index in [4.69, 9.17) is 4.74 Å². The van der Waals surface area contributed by atoms with Crippen LogP contribution in [0.3, 0.4) is 0 Å². The first-order valence-electron chi connectivity index (χ1n) is 5.04. The number of ether oxygens (including phenoxy) is 1. The predicted octanol–water partition coefficient (Wildman–Crippen LogP) is 2.36. The van der Waals surface area contributed by atoms with Crippen LogP contribution in [-0.2, 0) is 11.3 Å². The van der Waals surface area contributed by atoms with E-state index >= 15 is 0 Å². The molecule has 0 aliphatic carbocycles. The Balaban J connectivity index is 2.30. The highest BCUT2D eigenvalue weighted by molar-refractivity contribution is 9.10. The molecule has 0 aliphatic rings. The van der Waals surface area contributed by atoms with Gasteiger partial charge in [-0.3, -0.25) is 4.98 Å². The third-order valence-electron chi connectivity index (χ3n) is 2.17. The van der Waals surface area contributed by atoms with E-state index in [1.165, 1.54) is 5.56 Å². The molecule has 1 unspecified atom stereocenters. The van der Waals surface area contributed by atoms with Gasteiger partial charge in [0.05, 0.1) is 0 Å². The van der Waals surface area contributed by atoms with Crippen LogP contribution in [-0.4, -0.2) is 24.7 Å². The maximum Gasteiger partial charge on any atom is 0.0476 e. The summed E-state index contributed by atoms with van der Waals surface area (Å²) in [5.41, 5.74) is 1.19. The van der Waals surface area contributed by atoms with E-state index in [1.54, 1.807) is 13.3 Å². The van der Waals surface area contributed by atoms with Gasteiger partial charge in [0, 0.05) is 43.2 Å². The predicted molar refractivity (Wildman–Crippen MR) is 64.7 cm³/mol. The fourth-order valence-corrected chi connectivity index (χ4v) is 1.65. The first-order chi connectivity index (χ1) is 7.22. The molecule has 1 atom stereocenters. The summed E-state index contributed by atoms with van der Waals surface area (Å²) < 4.78 is 6.04. The number of aromatic nitrogens is 1. The van der Waals surface area contributed by atoms with E-state index in [0.29, 0.717) is 6.04 Å². The van der Waals surface area contributed by atoms with Gasteiger partial charge in [0.2, 0.25) is 0 Å². The van der Waals surface area contributed by atoms with Crippen LogP contribution < -0.4 is 5.32 Å². The molecule has 0 saturated carbocycles. The maximum absolute atomic E-state index is 5.02. The monoisotopic (exact) mass is 272 g/mol. The van der Waals surface area contributed by atoms with E-state index in [2.05, 4.69) is 39.2 Å². The molecule has 0 radical (unpaired) electrons. The number of hydrogen-bond donors (Lipinski definition) is 1. The fourth-order valence-electron chi connectivity index (χ4n) is 1.24. The van der Waals surface area contributed by atoms with Crippen molar-refractivity contribution in [1.82, 2.24) is 10.3 Å². The Morgan fingerprint density at radius 2 is 2.33 bits per heavy atom. The van der Waals surface area contributed by atoms with E-state index in [0.717, 1.165) is 24.0 Å². The average molecular weight is 273 g/mol. The second-order valence-corrected chi connectivity index (χ2v) is 4.49. The van der Waals surface area contributed by atoms with Gasteiger partial charge in [-0.05, 0) is 40.9 Å². The zero-order chi connectivity index (χ0) is 11.1. The summed E-state index contributed by atoms with van der Waals surface area (Å²) in [6, 6.07) is 2.53. The summed E-state index contributed by atoms with van der Waals surface area (Å²) >= 11 is 3.40. The number of hydrogen-bond acceptors (Lipinski definition) is 3. The smallest absolute Gasteiger partial charge is 0.0476 e. The van der Waals surface area contributed by atoms with Gasteiger partial charge in [0.1, 0.15) is 0 Å². The Morgan fingerprint density at radius 3 is 3.00 bits per heavy atom. The minimum absolute atomic E-state index is 0.462. The van der Waals surface area contributed by atoms with Gasteiger partial charge < -0.3 is 10.1 Å². The molecule has 1 aromatic rings. The van der Waals surface area contributed by atoms with Gasteiger partial charge in [-0.25, -0.2) is 0 Å². The van der Waals surface area contributed by atoms with Gasteiger partial charge in [0.25, 0.3) is 0 Å². The van der Waals surface area contributed by atoms with Crippen molar-refractivity contribution >= 4 is 15.9 Å². The molecule has 3 nitrogen and oxygen atoms in total. The zero-order valence-corrected chi connectivity index (χ0v) is 10.8. The van der Waals surface area contributed by atoms with Crippen LogP contribution in [0, 0.1) is 0 Å². The molecular formula is C11H17BrN2O. The van der Waals surface area contributed by atoms with E-state index in [9.17, 15) is 0 Å². The molecule has 0 aromatic carbocycles. The van der Waals surface area contributed by atoms with E-state index < -0.39 is 0 Å². The van der Waals surface area contributed by atoms with Crippen molar-refractivity contribution in [3.63, 3.8) is 0 Å². The molecule has 1 rings (SSSR count). The highest BCUT2D eigenvalue weighted by Gasteiger charge is 2.01. The molecule has 0 amide bonds. The SMILES string of the molecule is COCCC(C)NCc1cncc(Br)c1. The molecular weight excluding hydrogens is 256 g/mol. The lowest BCUT2D eigenvalue weighted by Gasteiger charge is -2.12. The summed E-state index contributed by atoms with van der Waals surface area (Å²) in [5.74, 6) is 0. The minimum Gasteiger partial charge on any atom is -0.385 e. The highest BCUT2D eigenvalue weighted by Crippen LogP contribution is 2.09. The highest BCUT2D eigenvalue weighted by atomic mass is 79.9. The summed E-state index contributed by atoms with van der Waals surface area (Å²) in [7, 11) is 1.73. The third kappa shape index (κ3) is 5.25.